The van der Waals surface area contributed by atoms with E-state index in [1.807, 2.05) is 12.1 Å². The second-order valence-electron chi connectivity index (χ2n) is 5.40. The Hall–Kier alpha value is -0.610. The number of benzene rings is 1. The molecule has 106 valence electrons. The lowest BCUT2D eigenvalue weighted by atomic mass is 9.96. The molecule has 0 aliphatic carbocycles. The predicted molar refractivity (Wildman–Crippen MR) is 81.8 cm³/mol. The molecule has 0 aromatic heterocycles. The third-order valence-electron chi connectivity index (χ3n) is 3.94. The van der Waals surface area contributed by atoms with Gasteiger partial charge in [0.25, 0.3) is 0 Å². The lowest BCUT2D eigenvalue weighted by Gasteiger charge is -2.42. The minimum atomic E-state index is 0.356. The van der Waals surface area contributed by atoms with Gasteiger partial charge in [0.05, 0.1) is 0 Å². The van der Waals surface area contributed by atoms with E-state index in [0.717, 1.165) is 31.2 Å². The molecular formula is C15H24ClN3. The summed E-state index contributed by atoms with van der Waals surface area (Å²) in [7, 11) is 4.42. The van der Waals surface area contributed by atoms with Crippen LogP contribution in [0.2, 0.25) is 5.02 Å². The van der Waals surface area contributed by atoms with E-state index in [4.69, 9.17) is 11.6 Å². The monoisotopic (exact) mass is 281 g/mol. The van der Waals surface area contributed by atoms with Crippen LogP contribution in [0.4, 0.5) is 0 Å². The lowest BCUT2D eigenvalue weighted by molar-refractivity contribution is 0.0880. The molecule has 1 aromatic rings. The number of piperazine rings is 1. The zero-order chi connectivity index (χ0) is 13.8. The van der Waals surface area contributed by atoms with Crippen molar-refractivity contribution in [3.63, 3.8) is 0 Å². The molecule has 1 aromatic carbocycles. The first kappa shape index (κ1) is 14.8. The average Bonchev–Trinajstić information content (AvgIpc) is 2.40. The van der Waals surface area contributed by atoms with E-state index in [0.29, 0.717) is 12.1 Å². The van der Waals surface area contributed by atoms with Gasteiger partial charge in [0.15, 0.2) is 0 Å². The van der Waals surface area contributed by atoms with Gasteiger partial charge >= 0.3 is 0 Å². The van der Waals surface area contributed by atoms with Gasteiger partial charge in [0.2, 0.25) is 0 Å². The number of nitrogens with one attached hydrogen (secondary N) is 1. The molecule has 4 heteroatoms. The Kier molecular flexibility index (Phi) is 5.22. The fourth-order valence-corrected chi connectivity index (χ4v) is 2.90. The van der Waals surface area contributed by atoms with Crippen LogP contribution in [0.15, 0.2) is 24.3 Å². The van der Waals surface area contributed by atoms with Gasteiger partial charge in [-0.3, -0.25) is 4.90 Å². The minimum absolute atomic E-state index is 0.356. The van der Waals surface area contributed by atoms with Crippen molar-refractivity contribution in [3.05, 3.63) is 34.9 Å². The van der Waals surface area contributed by atoms with Gasteiger partial charge in [0.1, 0.15) is 0 Å². The molecule has 1 aliphatic rings. The predicted octanol–water partition coefficient (Wildman–Crippen LogP) is 2.24. The molecule has 0 amide bonds. The second-order valence-corrected chi connectivity index (χ2v) is 5.83. The third-order valence-corrected chi connectivity index (χ3v) is 4.19. The maximum absolute atomic E-state index is 5.99. The zero-order valence-electron chi connectivity index (χ0n) is 12.1. The first-order valence-corrected chi connectivity index (χ1v) is 7.37. The molecule has 0 bridgehead atoms. The van der Waals surface area contributed by atoms with Crippen molar-refractivity contribution >= 4 is 11.6 Å². The molecule has 3 nitrogen and oxygen atoms in total. The van der Waals surface area contributed by atoms with Gasteiger partial charge in [-0.25, -0.2) is 0 Å². The quantitative estimate of drug-likeness (QED) is 0.913. The van der Waals surface area contributed by atoms with Crippen molar-refractivity contribution in [3.8, 4) is 0 Å². The standard InChI is InChI=1S/C15H24ClN3/c1-4-17-15(12-5-7-13(16)8-6-12)14-11-18(2)9-10-19(14)3/h5-8,14-15,17H,4,9-11H2,1-3H3. The molecule has 0 spiro atoms. The molecule has 1 saturated heterocycles. The maximum Gasteiger partial charge on any atom is 0.0490 e. The number of rotatable bonds is 4. The summed E-state index contributed by atoms with van der Waals surface area (Å²) < 4.78 is 0. The average molecular weight is 282 g/mol. The summed E-state index contributed by atoms with van der Waals surface area (Å²) in [4.78, 5) is 4.87. The number of hydrogen-bond acceptors (Lipinski definition) is 3. The van der Waals surface area contributed by atoms with Crippen LogP contribution in [-0.4, -0.2) is 56.1 Å². The van der Waals surface area contributed by atoms with Crippen LogP contribution in [0.3, 0.4) is 0 Å². The van der Waals surface area contributed by atoms with Crippen LogP contribution in [0, 0.1) is 0 Å². The van der Waals surface area contributed by atoms with E-state index in [9.17, 15) is 0 Å². The van der Waals surface area contributed by atoms with Gasteiger partial charge < -0.3 is 10.2 Å². The molecule has 1 fully saturated rings. The number of hydrogen-bond donors (Lipinski definition) is 1. The second kappa shape index (κ2) is 6.71. The van der Waals surface area contributed by atoms with Crippen LogP contribution in [0.5, 0.6) is 0 Å². The van der Waals surface area contributed by atoms with E-state index in [1.54, 1.807) is 0 Å². The summed E-state index contributed by atoms with van der Waals surface area (Å²) in [5, 5.41) is 4.43. The Labute approximate surface area is 121 Å². The highest BCUT2D eigenvalue weighted by molar-refractivity contribution is 6.30. The summed E-state index contributed by atoms with van der Waals surface area (Å²) in [6.45, 7) is 6.50. The first-order chi connectivity index (χ1) is 9.11. The van der Waals surface area contributed by atoms with E-state index < -0.39 is 0 Å². The van der Waals surface area contributed by atoms with Gasteiger partial charge in [-0.2, -0.15) is 0 Å². The van der Waals surface area contributed by atoms with Crippen molar-refractivity contribution in [1.82, 2.24) is 15.1 Å². The van der Waals surface area contributed by atoms with Crippen LogP contribution >= 0.6 is 11.6 Å². The number of nitrogens with zero attached hydrogens (tertiary/aromatic N) is 2. The Morgan fingerprint density at radius 1 is 1.26 bits per heavy atom. The first-order valence-electron chi connectivity index (χ1n) is 6.99. The highest BCUT2D eigenvalue weighted by Crippen LogP contribution is 2.24. The molecule has 2 unspecified atom stereocenters. The Bertz CT molecular complexity index is 393. The van der Waals surface area contributed by atoms with E-state index in [2.05, 4.69) is 48.3 Å². The Morgan fingerprint density at radius 2 is 1.95 bits per heavy atom. The van der Waals surface area contributed by atoms with Crippen molar-refractivity contribution in [2.24, 2.45) is 0 Å². The molecule has 0 saturated carbocycles. The zero-order valence-corrected chi connectivity index (χ0v) is 12.8. The molecule has 1 heterocycles. The smallest absolute Gasteiger partial charge is 0.0490 e. The molecule has 2 rings (SSSR count). The number of halogens is 1. The normalized spacial score (nSPS) is 23.5. The Balaban J connectivity index is 2.20. The summed E-state index contributed by atoms with van der Waals surface area (Å²) in [5.74, 6) is 0. The molecule has 2 atom stereocenters. The fraction of sp³-hybridized carbons (Fsp3) is 0.600. The van der Waals surface area contributed by atoms with Crippen LogP contribution in [-0.2, 0) is 0 Å². The molecule has 1 N–H and O–H groups in total. The van der Waals surface area contributed by atoms with Gasteiger partial charge in [-0.05, 0) is 38.3 Å². The lowest BCUT2D eigenvalue weighted by Crippen LogP contribution is -2.55. The highest BCUT2D eigenvalue weighted by atomic mass is 35.5. The van der Waals surface area contributed by atoms with E-state index >= 15 is 0 Å². The van der Waals surface area contributed by atoms with Crippen molar-refractivity contribution < 1.29 is 0 Å². The Morgan fingerprint density at radius 3 is 2.58 bits per heavy atom. The molecule has 19 heavy (non-hydrogen) atoms. The number of likely N-dealkylation sites (N-methyl/N-ethyl adjacent to an activating group) is 3. The maximum atomic E-state index is 5.99. The topological polar surface area (TPSA) is 18.5 Å². The minimum Gasteiger partial charge on any atom is -0.309 e. The van der Waals surface area contributed by atoms with Crippen LogP contribution < -0.4 is 5.32 Å². The molecule has 0 radical (unpaired) electrons. The van der Waals surface area contributed by atoms with Gasteiger partial charge in [-0.1, -0.05) is 30.7 Å². The van der Waals surface area contributed by atoms with Crippen LogP contribution in [0.25, 0.3) is 0 Å². The van der Waals surface area contributed by atoms with Crippen molar-refractivity contribution in [1.29, 1.82) is 0 Å². The largest absolute Gasteiger partial charge is 0.309 e. The van der Waals surface area contributed by atoms with E-state index in [1.165, 1.54) is 5.56 Å². The summed E-state index contributed by atoms with van der Waals surface area (Å²) in [6, 6.07) is 9.09. The summed E-state index contributed by atoms with van der Waals surface area (Å²) >= 11 is 5.99. The van der Waals surface area contributed by atoms with E-state index in [-0.39, 0.29) is 0 Å². The SMILES string of the molecule is CCNC(c1ccc(Cl)cc1)C1CN(C)CCN1C. The van der Waals surface area contributed by atoms with Gasteiger partial charge in [0, 0.05) is 36.7 Å². The van der Waals surface area contributed by atoms with Crippen LogP contribution in [0.1, 0.15) is 18.5 Å². The third kappa shape index (κ3) is 3.69. The van der Waals surface area contributed by atoms with Crippen molar-refractivity contribution in [2.45, 2.75) is 19.0 Å². The highest BCUT2D eigenvalue weighted by Gasteiger charge is 2.30. The molecule has 1 aliphatic heterocycles. The summed E-state index contributed by atoms with van der Waals surface area (Å²) in [5.41, 5.74) is 1.32. The summed E-state index contributed by atoms with van der Waals surface area (Å²) in [6.07, 6.45) is 0. The molecular weight excluding hydrogens is 258 g/mol. The fourth-order valence-electron chi connectivity index (χ4n) is 2.77. The van der Waals surface area contributed by atoms with Crippen molar-refractivity contribution in [2.75, 3.05) is 40.3 Å². The van der Waals surface area contributed by atoms with Gasteiger partial charge in [-0.15, -0.1) is 0 Å².